The van der Waals surface area contributed by atoms with Crippen LogP contribution in [0.3, 0.4) is 0 Å². The highest BCUT2D eigenvalue weighted by molar-refractivity contribution is 7.89. The molecule has 1 aromatic rings. The molecule has 0 aromatic carbocycles. The lowest BCUT2D eigenvalue weighted by molar-refractivity contribution is 0.0126. The lowest BCUT2D eigenvalue weighted by Gasteiger charge is -2.34. The summed E-state index contributed by atoms with van der Waals surface area (Å²) in [7, 11) is -3.59. The monoisotopic (exact) mass is 291 g/mol. The summed E-state index contributed by atoms with van der Waals surface area (Å²) >= 11 is 5.52. The third-order valence-electron chi connectivity index (χ3n) is 3.03. The molecule has 1 aromatic heterocycles. The highest BCUT2D eigenvalue weighted by Crippen LogP contribution is 2.25. The highest BCUT2D eigenvalue weighted by atomic mass is 35.5. The van der Waals surface area contributed by atoms with Crippen LogP contribution in [0.2, 0.25) is 5.28 Å². The molecule has 0 spiro atoms. The van der Waals surface area contributed by atoms with Crippen LogP contribution in [-0.4, -0.2) is 46.5 Å². The molecule has 18 heavy (non-hydrogen) atoms. The standard InChI is InChI=1S/C10H14ClN3O3S/c1-10(15)2-4-14(5-3-10)18(16,17)8-6-12-9(11)13-7-8/h6-7,15H,2-5H2,1H3. The molecule has 0 amide bonds. The van der Waals surface area contributed by atoms with E-state index in [1.54, 1.807) is 6.92 Å². The molecule has 0 radical (unpaired) electrons. The van der Waals surface area contributed by atoms with Gasteiger partial charge >= 0.3 is 0 Å². The summed E-state index contributed by atoms with van der Waals surface area (Å²) in [6.07, 6.45) is 3.22. The maximum Gasteiger partial charge on any atom is 0.246 e. The van der Waals surface area contributed by atoms with Crippen molar-refractivity contribution in [3.63, 3.8) is 0 Å². The van der Waals surface area contributed by atoms with Crippen LogP contribution < -0.4 is 0 Å². The minimum absolute atomic E-state index is 0.00975. The summed E-state index contributed by atoms with van der Waals surface area (Å²) in [6.45, 7) is 2.29. The van der Waals surface area contributed by atoms with Crippen molar-refractivity contribution in [1.82, 2.24) is 14.3 Å². The second-order valence-corrected chi connectivity index (χ2v) is 6.86. The van der Waals surface area contributed by atoms with Crippen LogP contribution in [0, 0.1) is 0 Å². The number of nitrogens with zero attached hydrogens (tertiary/aromatic N) is 3. The van der Waals surface area contributed by atoms with Gasteiger partial charge in [-0.3, -0.25) is 0 Å². The van der Waals surface area contributed by atoms with Gasteiger partial charge in [-0.25, -0.2) is 18.4 Å². The molecule has 2 rings (SSSR count). The first-order chi connectivity index (χ1) is 8.31. The van der Waals surface area contributed by atoms with E-state index in [0.29, 0.717) is 12.8 Å². The van der Waals surface area contributed by atoms with E-state index >= 15 is 0 Å². The summed E-state index contributed by atoms with van der Waals surface area (Å²) in [5, 5.41) is 9.81. The Bertz CT molecular complexity index is 520. The quantitative estimate of drug-likeness (QED) is 0.810. The molecule has 1 N–H and O–H groups in total. The summed E-state index contributed by atoms with van der Waals surface area (Å²) in [5.74, 6) is 0. The van der Waals surface area contributed by atoms with Crippen LogP contribution in [-0.2, 0) is 10.0 Å². The van der Waals surface area contributed by atoms with Crippen molar-refractivity contribution in [1.29, 1.82) is 0 Å². The van der Waals surface area contributed by atoms with Gasteiger partial charge in [-0.2, -0.15) is 4.31 Å². The Labute approximate surface area is 111 Å². The van der Waals surface area contributed by atoms with E-state index < -0.39 is 15.6 Å². The third-order valence-corrected chi connectivity index (χ3v) is 5.08. The molecule has 100 valence electrons. The van der Waals surface area contributed by atoms with Crippen molar-refractivity contribution in [2.24, 2.45) is 0 Å². The van der Waals surface area contributed by atoms with Crippen molar-refractivity contribution >= 4 is 21.6 Å². The molecule has 8 heteroatoms. The van der Waals surface area contributed by atoms with E-state index in [0.717, 1.165) is 0 Å². The van der Waals surface area contributed by atoms with Crippen LogP contribution in [0.5, 0.6) is 0 Å². The van der Waals surface area contributed by atoms with E-state index in [2.05, 4.69) is 9.97 Å². The van der Waals surface area contributed by atoms with Gasteiger partial charge < -0.3 is 5.11 Å². The number of aliphatic hydroxyl groups is 1. The Morgan fingerprint density at radius 3 is 2.33 bits per heavy atom. The molecule has 1 aliphatic heterocycles. The van der Waals surface area contributed by atoms with Crippen molar-refractivity contribution in [2.75, 3.05) is 13.1 Å². The molecule has 0 unspecified atom stereocenters. The first-order valence-electron chi connectivity index (χ1n) is 5.51. The van der Waals surface area contributed by atoms with Gasteiger partial charge in [0.2, 0.25) is 15.3 Å². The number of rotatable bonds is 2. The first kappa shape index (κ1) is 13.7. The lowest BCUT2D eigenvalue weighted by Crippen LogP contribution is -2.45. The summed E-state index contributed by atoms with van der Waals surface area (Å²) in [5.41, 5.74) is -0.789. The Morgan fingerprint density at radius 2 is 1.83 bits per heavy atom. The van der Waals surface area contributed by atoms with Crippen molar-refractivity contribution in [2.45, 2.75) is 30.3 Å². The number of hydrogen-bond donors (Lipinski definition) is 1. The molecule has 0 bridgehead atoms. The number of piperidine rings is 1. The molecular formula is C10H14ClN3O3S. The minimum Gasteiger partial charge on any atom is -0.390 e. The van der Waals surface area contributed by atoms with Crippen LogP contribution >= 0.6 is 11.6 Å². The Hall–Kier alpha value is -0.760. The molecule has 1 saturated heterocycles. The molecular weight excluding hydrogens is 278 g/mol. The highest BCUT2D eigenvalue weighted by Gasteiger charge is 2.34. The van der Waals surface area contributed by atoms with E-state index in [1.807, 2.05) is 0 Å². The summed E-state index contributed by atoms with van der Waals surface area (Å²) < 4.78 is 25.8. The average Bonchev–Trinajstić information content (AvgIpc) is 2.29. The van der Waals surface area contributed by atoms with Gasteiger partial charge in [0.15, 0.2) is 0 Å². The fourth-order valence-electron chi connectivity index (χ4n) is 1.79. The Balaban J connectivity index is 2.20. The van der Waals surface area contributed by atoms with E-state index in [9.17, 15) is 13.5 Å². The van der Waals surface area contributed by atoms with Gasteiger partial charge in [0.25, 0.3) is 0 Å². The maximum absolute atomic E-state index is 12.2. The zero-order chi connectivity index (χ0) is 13.4. The number of aromatic nitrogens is 2. The van der Waals surface area contributed by atoms with Crippen LogP contribution in [0.15, 0.2) is 17.3 Å². The van der Waals surface area contributed by atoms with Crippen LogP contribution in [0.4, 0.5) is 0 Å². The zero-order valence-electron chi connectivity index (χ0n) is 9.87. The predicted octanol–water partition coefficient (Wildman–Crippen LogP) is 0.666. The summed E-state index contributed by atoms with van der Waals surface area (Å²) in [6, 6.07) is 0. The fraction of sp³-hybridized carbons (Fsp3) is 0.600. The van der Waals surface area contributed by atoms with Crippen LogP contribution in [0.25, 0.3) is 0 Å². The maximum atomic E-state index is 12.2. The van der Waals surface area contributed by atoms with E-state index in [4.69, 9.17) is 11.6 Å². The smallest absolute Gasteiger partial charge is 0.246 e. The Morgan fingerprint density at radius 1 is 1.33 bits per heavy atom. The molecule has 2 heterocycles. The minimum atomic E-state index is -3.59. The first-order valence-corrected chi connectivity index (χ1v) is 7.33. The molecule has 1 aliphatic rings. The van der Waals surface area contributed by atoms with Crippen LogP contribution in [0.1, 0.15) is 19.8 Å². The number of halogens is 1. The number of hydrogen-bond acceptors (Lipinski definition) is 5. The van der Waals surface area contributed by atoms with Gasteiger partial charge in [0.1, 0.15) is 4.90 Å². The largest absolute Gasteiger partial charge is 0.390 e. The zero-order valence-corrected chi connectivity index (χ0v) is 11.4. The van der Waals surface area contributed by atoms with E-state index in [-0.39, 0.29) is 23.3 Å². The topological polar surface area (TPSA) is 83.4 Å². The average molecular weight is 292 g/mol. The van der Waals surface area contributed by atoms with Gasteiger partial charge in [0.05, 0.1) is 18.0 Å². The normalized spacial score (nSPS) is 20.8. The molecule has 6 nitrogen and oxygen atoms in total. The van der Waals surface area contributed by atoms with Gasteiger partial charge in [0, 0.05) is 13.1 Å². The lowest BCUT2D eigenvalue weighted by atomic mass is 9.95. The molecule has 1 fully saturated rings. The second-order valence-electron chi connectivity index (χ2n) is 4.59. The molecule has 0 saturated carbocycles. The fourth-order valence-corrected chi connectivity index (χ4v) is 3.22. The van der Waals surface area contributed by atoms with Crippen molar-refractivity contribution in [3.8, 4) is 0 Å². The van der Waals surface area contributed by atoms with Crippen molar-refractivity contribution in [3.05, 3.63) is 17.7 Å². The molecule has 0 aliphatic carbocycles. The van der Waals surface area contributed by atoms with Crippen molar-refractivity contribution < 1.29 is 13.5 Å². The second kappa shape index (κ2) is 4.73. The summed E-state index contributed by atoms with van der Waals surface area (Å²) in [4.78, 5) is 7.36. The van der Waals surface area contributed by atoms with Gasteiger partial charge in [-0.05, 0) is 31.4 Å². The van der Waals surface area contributed by atoms with Gasteiger partial charge in [-0.1, -0.05) is 0 Å². The molecule has 0 atom stereocenters. The third kappa shape index (κ3) is 2.80. The van der Waals surface area contributed by atoms with Gasteiger partial charge in [-0.15, -0.1) is 0 Å². The number of sulfonamides is 1. The SMILES string of the molecule is CC1(O)CCN(S(=O)(=O)c2cnc(Cl)nc2)CC1. The predicted molar refractivity (Wildman–Crippen MR) is 65.7 cm³/mol. The van der Waals surface area contributed by atoms with E-state index in [1.165, 1.54) is 16.7 Å². The Kier molecular flexibility index (Phi) is 3.59.